The third-order valence-corrected chi connectivity index (χ3v) is 5.72. The van der Waals surface area contributed by atoms with E-state index in [2.05, 4.69) is 46.6 Å². The summed E-state index contributed by atoms with van der Waals surface area (Å²) in [5.74, 6) is -1.31. The van der Waals surface area contributed by atoms with Crippen LogP contribution in [0.25, 0.3) is 11.3 Å². The molecule has 0 spiro atoms. The summed E-state index contributed by atoms with van der Waals surface area (Å²) < 4.78 is 32.0. The fraction of sp³-hybridized carbons (Fsp3) is 0.333. The van der Waals surface area contributed by atoms with Gasteiger partial charge in [-0.25, -0.2) is 8.78 Å². The number of aryl methyl sites for hydroxylation is 1. The van der Waals surface area contributed by atoms with Crippen molar-refractivity contribution in [1.82, 2.24) is 15.4 Å². The first-order valence-electron chi connectivity index (χ1n) is 10.5. The quantitative estimate of drug-likeness (QED) is 0.629. The zero-order chi connectivity index (χ0) is 21.8. The van der Waals surface area contributed by atoms with Crippen molar-refractivity contribution in [2.24, 2.45) is 5.92 Å². The molecule has 162 valence electrons. The van der Waals surface area contributed by atoms with Crippen molar-refractivity contribution in [3.63, 3.8) is 0 Å². The van der Waals surface area contributed by atoms with Gasteiger partial charge in [0.15, 0.2) is 11.5 Å². The number of halogens is 2. The number of likely N-dealkylation sites (tertiary alicyclic amines) is 1. The molecule has 1 amide bonds. The number of hydrogen-bond donors (Lipinski definition) is 1. The number of nitrogens with one attached hydrogen (secondary N) is 1. The van der Waals surface area contributed by atoms with E-state index in [0.717, 1.165) is 44.6 Å². The first-order valence-corrected chi connectivity index (χ1v) is 10.5. The number of amides is 1. The highest BCUT2D eigenvalue weighted by Crippen LogP contribution is 2.24. The van der Waals surface area contributed by atoms with Crippen molar-refractivity contribution < 1.29 is 18.1 Å². The summed E-state index contributed by atoms with van der Waals surface area (Å²) in [4.78, 5) is 14.8. The van der Waals surface area contributed by atoms with E-state index >= 15 is 0 Å². The Balaban J connectivity index is 1.25. The Labute approximate surface area is 180 Å². The van der Waals surface area contributed by atoms with Crippen molar-refractivity contribution in [2.75, 3.05) is 19.6 Å². The predicted molar refractivity (Wildman–Crippen MR) is 113 cm³/mol. The van der Waals surface area contributed by atoms with Gasteiger partial charge in [0.05, 0.1) is 5.56 Å². The molecule has 2 aromatic carbocycles. The first-order chi connectivity index (χ1) is 15.0. The minimum absolute atomic E-state index is 0.0638. The van der Waals surface area contributed by atoms with E-state index in [4.69, 9.17) is 4.52 Å². The maximum atomic E-state index is 13.9. The highest BCUT2D eigenvalue weighted by atomic mass is 19.1. The third kappa shape index (κ3) is 5.35. The van der Waals surface area contributed by atoms with Crippen molar-refractivity contribution in [3.05, 3.63) is 77.0 Å². The number of piperidine rings is 1. The molecule has 31 heavy (non-hydrogen) atoms. The Morgan fingerprint density at radius 2 is 1.87 bits per heavy atom. The first kappa shape index (κ1) is 21.2. The summed E-state index contributed by atoms with van der Waals surface area (Å²) in [5, 5.41) is 6.62. The monoisotopic (exact) mass is 425 g/mol. The molecule has 0 atom stereocenters. The van der Waals surface area contributed by atoms with E-state index in [1.807, 2.05) is 0 Å². The van der Waals surface area contributed by atoms with E-state index in [9.17, 15) is 13.6 Å². The van der Waals surface area contributed by atoms with Crippen molar-refractivity contribution in [1.29, 1.82) is 0 Å². The van der Waals surface area contributed by atoms with Gasteiger partial charge in [-0.3, -0.25) is 9.69 Å². The van der Waals surface area contributed by atoms with Crippen LogP contribution >= 0.6 is 0 Å². The van der Waals surface area contributed by atoms with Crippen LogP contribution in [0.4, 0.5) is 8.78 Å². The van der Waals surface area contributed by atoms with Crippen LogP contribution in [0.2, 0.25) is 0 Å². The normalized spacial score (nSPS) is 15.2. The van der Waals surface area contributed by atoms with Crippen LogP contribution in [0.15, 0.2) is 53.1 Å². The predicted octanol–water partition coefficient (Wildman–Crippen LogP) is 4.57. The van der Waals surface area contributed by atoms with Gasteiger partial charge in [0, 0.05) is 25.2 Å². The summed E-state index contributed by atoms with van der Waals surface area (Å²) in [6.07, 6.45) is 2.02. The maximum Gasteiger partial charge on any atom is 0.273 e. The molecule has 1 N–H and O–H groups in total. The lowest BCUT2D eigenvalue weighted by molar-refractivity contribution is 0.0926. The van der Waals surface area contributed by atoms with Crippen LogP contribution in [-0.4, -0.2) is 35.6 Å². The van der Waals surface area contributed by atoms with Crippen LogP contribution in [-0.2, 0) is 6.54 Å². The molecule has 0 radical (unpaired) electrons. The van der Waals surface area contributed by atoms with E-state index in [1.165, 1.54) is 23.3 Å². The average Bonchev–Trinajstić information content (AvgIpc) is 3.25. The van der Waals surface area contributed by atoms with Gasteiger partial charge >= 0.3 is 0 Å². The molecule has 4 rings (SSSR count). The molecule has 0 bridgehead atoms. The Kier molecular flexibility index (Phi) is 6.42. The Bertz CT molecular complexity index is 1040. The molecule has 3 aromatic rings. The molecular weight excluding hydrogens is 400 g/mol. The number of nitrogens with zero attached hydrogens (tertiary/aromatic N) is 2. The fourth-order valence-corrected chi connectivity index (χ4v) is 3.83. The minimum Gasteiger partial charge on any atom is -0.355 e. The average molecular weight is 425 g/mol. The molecule has 0 aliphatic carbocycles. The van der Waals surface area contributed by atoms with Gasteiger partial charge in [0.1, 0.15) is 11.6 Å². The number of carbonyl (C=O) groups excluding carboxylic acids is 1. The fourth-order valence-electron chi connectivity index (χ4n) is 3.83. The SMILES string of the molecule is Cc1ccc(CN2CCC(CNC(=O)c3cc(-c4ccc(F)cc4F)on3)CC2)cc1. The number of aromatic nitrogens is 1. The summed E-state index contributed by atoms with van der Waals surface area (Å²) >= 11 is 0. The summed E-state index contributed by atoms with van der Waals surface area (Å²) in [5.41, 5.74) is 2.72. The summed E-state index contributed by atoms with van der Waals surface area (Å²) in [6.45, 7) is 5.58. The Morgan fingerprint density at radius 1 is 1.13 bits per heavy atom. The van der Waals surface area contributed by atoms with Crippen molar-refractivity contribution in [2.45, 2.75) is 26.3 Å². The molecule has 1 fully saturated rings. The topological polar surface area (TPSA) is 58.4 Å². The molecular formula is C24H25F2N3O2. The molecule has 5 nitrogen and oxygen atoms in total. The number of benzene rings is 2. The Morgan fingerprint density at radius 3 is 2.58 bits per heavy atom. The van der Waals surface area contributed by atoms with Crippen LogP contribution < -0.4 is 5.32 Å². The molecule has 0 saturated carbocycles. The number of hydrogen-bond acceptors (Lipinski definition) is 4. The molecule has 1 aromatic heterocycles. The van der Waals surface area contributed by atoms with Crippen LogP contribution in [0.5, 0.6) is 0 Å². The lowest BCUT2D eigenvalue weighted by Gasteiger charge is -2.32. The summed E-state index contributed by atoms with van der Waals surface area (Å²) in [7, 11) is 0. The van der Waals surface area contributed by atoms with Gasteiger partial charge in [0.25, 0.3) is 5.91 Å². The molecule has 7 heteroatoms. The third-order valence-electron chi connectivity index (χ3n) is 5.72. The standard InChI is InChI=1S/C24H25F2N3O2/c1-16-2-4-18(5-3-16)15-29-10-8-17(9-11-29)14-27-24(30)22-13-23(31-28-22)20-7-6-19(25)12-21(20)26/h2-7,12-13,17H,8-11,14-15H2,1H3,(H,27,30). The highest BCUT2D eigenvalue weighted by molar-refractivity contribution is 5.93. The largest absolute Gasteiger partial charge is 0.355 e. The van der Waals surface area contributed by atoms with Crippen LogP contribution in [0, 0.1) is 24.5 Å². The zero-order valence-corrected chi connectivity index (χ0v) is 17.4. The van der Waals surface area contributed by atoms with Crippen molar-refractivity contribution >= 4 is 5.91 Å². The molecule has 2 heterocycles. The van der Waals surface area contributed by atoms with Gasteiger partial charge in [-0.05, 0) is 56.5 Å². The Hall–Kier alpha value is -3.06. The maximum absolute atomic E-state index is 13.9. The second-order valence-electron chi connectivity index (χ2n) is 8.12. The van der Waals surface area contributed by atoms with Gasteiger partial charge in [0.2, 0.25) is 0 Å². The van der Waals surface area contributed by atoms with Gasteiger partial charge in [-0.1, -0.05) is 35.0 Å². The molecule has 1 saturated heterocycles. The van der Waals surface area contributed by atoms with E-state index < -0.39 is 11.6 Å². The van der Waals surface area contributed by atoms with Gasteiger partial charge < -0.3 is 9.84 Å². The van der Waals surface area contributed by atoms with Crippen molar-refractivity contribution in [3.8, 4) is 11.3 Å². The minimum atomic E-state index is -0.763. The number of rotatable bonds is 6. The van der Waals surface area contributed by atoms with Crippen LogP contribution in [0.3, 0.4) is 0 Å². The van der Waals surface area contributed by atoms with Crippen LogP contribution in [0.1, 0.15) is 34.5 Å². The molecule has 1 aliphatic rings. The summed E-state index contributed by atoms with van der Waals surface area (Å²) in [6, 6.07) is 13.1. The highest BCUT2D eigenvalue weighted by Gasteiger charge is 2.21. The van der Waals surface area contributed by atoms with Gasteiger partial charge in [-0.15, -0.1) is 0 Å². The van der Waals surface area contributed by atoms with E-state index in [-0.39, 0.29) is 22.9 Å². The second-order valence-corrected chi connectivity index (χ2v) is 8.12. The molecule has 1 aliphatic heterocycles. The van der Waals surface area contributed by atoms with E-state index in [1.54, 1.807) is 0 Å². The zero-order valence-electron chi connectivity index (χ0n) is 17.4. The van der Waals surface area contributed by atoms with E-state index in [0.29, 0.717) is 12.5 Å². The smallest absolute Gasteiger partial charge is 0.273 e. The van der Waals surface area contributed by atoms with Gasteiger partial charge in [-0.2, -0.15) is 0 Å². The second kappa shape index (κ2) is 9.39. The lowest BCUT2D eigenvalue weighted by atomic mass is 9.96. The lowest BCUT2D eigenvalue weighted by Crippen LogP contribution is -2.38. The number of carbonyl (C=O) groups is 1. The molecule has 0 unspecified atom stereocenters.